The van der Waals surface area contributed by atoms with E-state index in [1.54, 1.807) is 32.9 Å². The number of aryl methyl sites for hydroxylation is 1. The maximum atomic E-state index is 12.3. The van der Waals surface area contributed by atoms with Gasteiger partial charge in [-0.3, -0.25) is 9.59 Å². The summed E-state index contributed by atoms with van der Waals surface area (Å²) in [7, 11) is 0. The minimum Gasteiger partial charge on any atom is -0.466 e. The Morgan fingerprint density at radius 1 is 1.19 bits per heavy atom. The SMILES string of the molecule is CCOC(=O)CC(C)(C)OC(=O)Cc1nc(-c2ccc(Cl)cc2)sc1C. The van der Waals surface area contributed by atoms with Crippen molar-refractivity contribution in [3.05, 3.63) is 39.9 Å². The molecule has 0 unspecified atom stereocenters. The van der Waals surface area contributed by atoms with Gasteiger partial charge in [-0.05, 0) is 39.8 Å². The van der Waals surface area contributed by atoms with Crippen LogP contribution in [-0.2, 0) is 25.5 Å². The number of esters is 2. The second kappa shape index (κ2) is 8.64. The lowest BCUT2D eigenvalue weighted by molar-refractivity contribution is -0.162. The summed E-state index contributed by atoms with van der Waals surface area (Å²) in [6, 6.07) is 7.40. The first-order valence-electron chi connectivity index (χ1n) is 8.30. The average molecular weight is 396 g/mol. The maximum Gasteiger partial charge on any atom is 0.312 e. The minimum atomic E-state index is -0.924. The Balaban J connectivity index is 2.03. The highest BCUT2D eigenvalue weighted by Gasteiger charge is 2.28. The number of nitrogens with zero attached hydrogens (tertiary/aromatic N) is 1. The number of benzene rings is 1. The van der Waals surface area contributed by atoms with Crippen molar-refractivity contribution >= 4 is 34.9 Å². The summed E-state index contributed by atoms with van der Waals surface area (Å²) in [5.74, 6) is -0.810. The zero-order valence-electron chi connectivity index (χ0n) is 15.3. The van der Waals surface area contributed by atoms with Gasteiger partial charge in [0, 0.05) is 15.5 Å². The summed E-state index contributed by atoms with van der Waals surface area (Å²) in [6.07, 6.45) is 0.0703. The Hall–Kier alpha value is -1.92. The number of ether oxygens (including phenoxy) is 2. The Morgan fingerprint density at radius 3 is 2.46 bits per heavy atom. The largest absolute Gasteiger partial charge is 0.466 e. The van der Waals surface area contributed by atoms with Crippen molar-refractivity contribution in [3.63, 3.8) is 0 Å². The van der Waals surface area contributed by atoms with E-state index in [9.17, 15) is 9.59 Å². The highest BCUT2D eigenvalue weighted by Crippen LogP contribution is 2.29. The number of aromatic nitrogens is 1. The summed E-state index contributed by atoms with van der Waals surface area (Å²) in [4.78, 5) is 29.4. The predicted octanol–water partition coefficient (Wildman–Crippen LogP) is 4.59. The lowest BCUT2D eigenvalue weighted by Crippen LogP contribution is -2.32. The quantitative estimate of drug-likeness (QED) is 0.641. The van der Waals surface area contributed by atoms with E-state index in [4.69, 9.17) is 21.1 Å². The highest BCUT2D eigenvalue weighted by atomic mass is 35.5. The fourth-order valence-corrected chi connectivity index (χ4v) is 3.45. The molecule has 0 atom stereocenters. The molecule has 1 heterocycles. The summed E-state index contributed by atoms with van der Waals surface area (Å²) < 4.78 is 10.4. The average Bonchev–Trinajstić information content (AvgIpc) is 2.87. The highest BCUT2D eigenvalue weighted by molar-refractivity contribution is 7.15. The van der Waals surface area contributed by atoms with Gasteiger partial charge in [-0.1, -0.05) is 23.7 Å². The molecular weight excluding hydrogens is 374 g/mol. The van der Waals surface area contributed by atoms with E-state index < -0.39 is 11.6 Å². The van der Waals surface area contributed by atoms with Gasteiger partial charge in [0.05, 0.1) is 25.1 Å². The van der Waals surface area contributed by atoms with E-state index >= 15 is 0 Å². The van der Waals surface area contributed by atoms with E-state index in [0.29, 0.717) is 17.3 Å². The molecule has 26 heavy (non-hydrogen) atoms. The summed E-state index contributed by atoms with van der Waals surface area (Å²) in [5.41, 5.74) is 0.702. The molecule has 1 aromatic carbocycles. The van der Waals surface area contributed by atoms with Gasteiger partial charge in [0.25, 0.3) is 0 Å². The molecular formula is C19H22ClNO4S. The van der Waals surface area contributed by atoms with Crippen molar-refractivity contribution < 1.29 is 19.1 Å². The molecule has 140 valence electrons. The van der Waals surface area contributed by atoms with Gasteiger partial charge in [-0.15, -0.1) is 11.3 Å². The first kappa shape index (κ1) is 20.4. The Kier molecular flexibility index (Phi) is 6.78. The van der Waals surface area contributed by atoms with Crippen LogP contribution in [0.15, 0.2) is 24.3 Å². The molecule has 7 heteroatoms. The van der Waals surface area contributed by atoms with Crippen LogP contribution in [0, 0.1) is 6.92 Å². The standard InChI is InChI=1S/C19H22ClNO4S/c1-5-24-17(23)11-19(3,4)25-16(22)10-15-12(2)26-18(21-15)13-6-8-14(20)9-7-13/h6-9H,5,10-11H2,1-4H3. The molecule has 0 bridgehead atoms. The molecule has 0 aliphatic heterocycles. The van der Waals surface area contributed by atoms with Crippen LogP contribution in [0.25, 0.3) is 10.6 Å². The third kappa shape index (κ3) is 5.81. The number of thiazole rings is 1. The van der Waals surface area contributed by atoms with Gasteiger partial charge in [-0.2, -0.15) is 0 Å². The predicted molar refractivity (Wildman–Crippen MR) is 102 cm³/mol. The topological polar surface area (TPSA) is 65.5 Å². The van der Waals surface area contributed by atoms with Gasteiger partial charge in [0.1, 0.15) is 10.6 Å². The molecule has 0 N–H and O–H groups in total. The molecule has 0 aliphatic carbocycles. The second-order valence-corrected chi connectivity index (χ2v) is 8.06. The number of hydrogen-bond acceptors (Lipinski definition) is 6. The molecule has 0 saturated heterocycles. The van der Waals surface area contributed by atoms with E-state index in [2.05, 4.69) is 4.98 Å². The van der Waals surface area contributed by atoms with E-state index in [-0.39, 0.29) is 18.8 Å². The van der Waals surface area contributed by atoms with Gasteiger partial charge in [-0.25, -0.2) is 4.98 Å². The van der Waals surface area contributed by atoms with Crippen LogP contribution in [0.5, 0.6) is 0 Å². The fourth-order valence-electron chi connectivity index (χ4n) is 2.38. The number of carbonyl (C=O) groups is 2. The van der Waals surface area contributed by atoms with Crippen LogP contribution in [-0.4, -0.2) is 29.1 Å². The van der Waals surface area contributed by atoms with Crippen LogP contribution in [0.1, 0.15) is 37.8 Å². The Morgan fingerprint density at radius 2 is 1.85 bits per heavy atom. The van der Waals surface area contributed by atoms with Crippen molar-refractivity contribution in [1.82, 2.24) is 4.98 Å². The van der Waals surface area contributed by atoms with Crippen LogP contribution in [0.4, 0.5) is 0 Å². The zero-order valence-corrected chi connectivity index (χ0v) is 16.9. The molecule has 2 rings (SSSR count). The van der Waals surface area contributed by atoms with Crippen LogP contribution in [0.3, 0.4) is 0 Å². The van der Waals surface area contributed by atoms with Crippen molar-refractivity contribution in [3.8, 4) is 10.6 Å². The van der Waals surface area contributed by atoms with Gasteiger partial charge < -0.3 is 9.47 Å². The number of halogens is 1. The van der Waals surface area contributed by atoms with Crippen molar-refractivity contribution in [2.45, 2.75) is 46.1 Å². The van der Waals surface area contributed by atoms with Gasteiger partial charge in [0.2, 0.25) is 0 Å². The molecule has 0 aliphatic rings. The minimum absolute atomic E-state index is 0.0126. The molecule has 0 amide bonds. The monoisotopic (exact) mass is 395 g/mol. The lowest BCUT2D eigenvalue weighted by Gasteiger charge is -2.23. The third-order valence-corrected chi connectivity index (χ3v) is 4.88. The lowest BCUT2D eigenvalue weighted by atomic mass is 10.1. The Bertz CT molecular complexity index is 783. The van der Waals surface area contributed by atoms with Gasteiger partial charge >= 0.3 is 11.9 Å². The van der Waals surface area contributed by atoms with Crippen molar-refractivity contribution in [2.24, 2.45) is 0 Å². The maximum absolute atomic E-state index is 12.3. The first-order valence-corrected chi connectivity index (χ1v) is 9.49. The van der Waals surface area contributed by atoms with Crippen LogP contribution < -0.4 is 0 Å². The molecule has 0 saturated carbocycles. The number of carbonyl (C=O) groups excluding carboxylic acids is 2. The summed E-state index contributed by atoms with van der Waals surface area (Å²) >= 11 is 7.42. The summed E-state index contributed by atoms with van der Waals surface area (Å²) in [5, 5.41) is 1.49. The number of rotatable bonds is 7. The third-order valence-electron chi connectivity index (χ3n) is 3.56. The van der Waals surface area contributed by atoms with Crippen molar-refractivity contribution in [1.29, 1.82) is 0 Å². The van der Waals surface area contributed by atoms with E-state index in [1.807, 2.05) is 19.1 Å². The van der Waals surface area contributed by atoms with Crippen LogP contribution in [0.2, 0.25) is 5.02 Å². The molecule has 0 fully saturated rings. The molecule has 0 spiro atoms. The van der Waals surface area contributed by atoms with Crippen LogP contribution >= 0.6 is 22.9 Å². The molecule has 0 radical (unpaired) electrons. The van der Waals surface area contributed by atoms with Gasteiger partial charge in [0.15, 0.2) is 0 Å². The zero-order chi connectivity index (χ0) is 19.3. The Labute approximate surface area is 162 Å². The van der Waals surface area contributed by atoms with Crippen molar-refractivity contribution in [2.75, 3.05) is 6.61 Å². The summed E-state index contributed by atoms with van der Waals surface area (Å²) in [6.45, 7) is 7.34. The number of hydrogen-bond donors (Lipinski definition) is 0. The van der Waals surface area contributed by atoms with E-state index in [1.165, 1.54) is 11.3 Å². The first-order chi connectivity index (χ1) is 12.2. The second-order valence-electron chi connectivity index (χ2n) is 6.42. The normalized spacial score (nSPS) is 11.3. The molecule has 2 aromatic rings. The molecule has 5 nitrogen and oxygen atoms in total. The smallest absolute Gasteiger partial charge is 0.312 e. The molecule has 1 aromatic heterocycles. The van der Waals surface area contributed by atoms with E-state index in [0.717, 1.165) is 15.4 Å². The fraction of sp³-hybridized carbons (Fsp3) is 0.421.